The molecular formula is C15H28O4. The molecule has 0 saturated heterocycles. The standard InChI is InChI=1S/C15H28O4/c1-6-15(13(16)18-7-2,14(17)19-8-3)11-9-10-12(4)5/h12H,6-11H2,1-5H3. The van der Waals surface area contributed by atoms with Crippen LogP contribution < -0.4 is 0 Å². The molecule has 0 unspecified atom stereocenters. The van der Waals surface area contributed by atoms with Crippen LogP contribution in [0.5, 0.6) is 0 Å². The van der Waals surface area contributed by atoms with Gasteiger partial charge in [0.2, 0.25) is 0 Å². The van der Waals surface area contributed by atoms with Crippen molar-refractivity contribution in [3.8, 4) is 0 Å². The molecule has 0 aliphatic rings. The van der Waals surface area contributed by atoms with Crippen molar-refractivity contribution >= 4 is 11.9 Å². The Morgan fingerprint density at radius 1 is 1.00 bits per heavy atom. The molecule has 0 aromatic rings. The molecule has 19 heavy (non-hydrogen) atoms. The number of hydrogen-bond acceptors (Lipinski definition) is 4. The number of hydrogen-bond donors (Lipinski definition) is 0. The van der Waals surface area contributed by atoms with Crippen LogP contribution in [0.1, 0.15) is 60.3 Å². The highest BCUT2D eigenvalue weighted by molar-refractivity contribution is 6.00. The van der Waals surface area contributed by atoms with Gasteiger partial charge < -0.3 is 9.47 Å². The lowest BCUT2D eigenvalue weighted by Gasteiger charge is -2.28. The molecule has 0 rings (SSSR count). The van der Waals surface area contributed by atoms with Crippen molar-refractivity contribution in [2.45, 2.75) is 60.3 Å². The zero-order valence-electron chi connectivity index (χ0n) is 13.0. The van der Waals surface area contributed by atoms with E-state index in [0.717, 1.165) is 12.8 Å². The normalized spacial score (nSPS) is 11.5. The molecule has 0 N–H and O–H groups in total. The van der Waals surface area contributed by atoms with Crippen molar-refractivity contribution in [3.63, 3.8) is 0 Å². The fourth-order valence-electron chi connectivity index (χ4n) is 2.10. The molecule has 0 bridgehead atoms. The maximum absolute atomic E-state index is 12.2. The van der Waals surface area contributed by atoms with Crippen molar-refractivity contribution in [1.82, 2.24) is 0 Å². The molecule has 4 heteroatoms. The number of esters is 2. The minimum Gasteiger partial charge on any atom is -0.465 e. The Morgan fingerprint density at radius 2 is 1.47 bits per heavy atom. The average Bonchev–Trinajstić information content (AvgIpc) is 2.35. The quantitative estimate of drug-likeness (QED) is 0.477. The molecule has 4 nitrogen and oxygen atoms in total. The Hall–Kier alpha value is -1.06. The number of ether oxygens (including phenoxy) is 2. The predicted octanol–water partition coefficient (Wildman–Crippen LogP) is 3.34. The first-order chi connectivity index (χ1) is 8.94. The van der Waals surface area contributed by atoms with Crippen molar-refractivity contribution in [3.05, 3.63) is 0 Å². The van der Waals surface area contributed by atoms with Gasteiger partial charge in [-0.15, -0.1) is 0 Å². The lowest BCUT2D eigenvalue weighted by atomic mass is 9.79. The summed E-state index contributed by atoms with van der Waals surface area (Å²) < 4.78 is 10.2. The van der Waals surface area contributed by atoms with Crippen molar-refractivity contribution < 1.29 is 19.1 Å². The summed E-state index contributed by atoms with van der Waals surface area (Å²) >= 11 is 0. The highest BCUT2D eigenvalue weighted by Crippen LogP contribution is 2.33. The van der Waals surface area contributed by atoms with Crippen molar-refractivity contribution in [2.24, 2.45) is 11.3 Å². The van der Waals surface area contributed by atoms with Gasteiger partial charge in [-0.2, -0.15) is 0 Å². The molecule has 0 aliphatic heterocycles. The Bertz CT molecular complexity index is 266. The molecule has 0 aromatic carbocycles. The molecule has 0 aliphatic carbocycles. The van der Waals surface area contributed by atoms with E-state index in [1.807, 2.05) is 6.92 Å². The molecule has 112 valence electrons. The van der Waals surface area contributed by atoms with Crippen LogP contribution in [0.15, 0.2) is 0 Å². The second-order valence-corrected chi connectivity index (χ2v) is 5.16. The van der Waals surface area contributed by atoms with Crippen LogP contribution in [0.25, 0.3) is 0 Å². The van der Waals surface area contributed by atoms with E-state index >= 15 is 0 Å². The van der Waals surface area contributed by atoms with Gasteiger partial charge in [0.25, 0.3) is 0 Å². The monoisotopic (exact) mass is 272 g/mol. The van der Waals surface area contributed by atoms with Gasteiger partial charge in [0.1, 0.15) is 0 Å². The highest BCUT2D eigenvalue weighted by Gasteiger charge is 2.46. The number of rotatable bonds is 9. The summed E-state index contributed by atoms with van der Waals surface area (Å²) in [7, 11) is 0. The summed E-state index contributed by atoms with van der Waals surface area (Å²) in [5.41, 5.74) is -1.12. The molecule has 0 radical (unpaired) electrons. The third kappa shape index (κ3) is 5.21. The first-order valence-corrected chi connectivity index (χ1v) is 7.29. The topological polar surface area (TPSA) is 52.6 Å². The summed E-state index contributed by atoms with van der Waals surface area (Å²) in [6, 6.07) is 0. The summed E-state index contributed by atoms with van der Waals surface area (Å²) in [4.78, 5) is 24.3. The number of carbonyl (C=O) groups excluding carboxylic acids is 2. The second-order valence-electron chi connectivity index (χ2n) is 5.16. The van der Waals surface area contributed by atoms with Gasteiger partial charge in [-0.25, -0.2) is 0 Å². The third-order valence-corrected chi connectivity index (χ3v) is 3.32. The van der Waals surface area contributed by atoms with Crippen LogP contribution in [0, 0.1) is 11.3 Å². The van der Waals surface area contributed by atoms with Crippen LogP contribution in [-0.4, -0.2) is 25.2 Å². The SMILES string of the molecule is CCOC(=O)C(CC)(CCCC(C)C)C(=O)OCC. The van der Waals surface area contributed by atoms with Crippen molar-refractivity contribution in [1.29, 1.82) is 0 Å². The zero-order chi connectivity index (χ0) is 14.9. The van der Waals surface area contributed by atoms with Crippen LogP contribution >= 0.6 is 0 Å². The Labute approximate surface area is 116 Å². The van der Waals surface area contributed by atoms with Gasteiger partial charge in [0.15, 0.2) is 5.41 Å². The van der Waals surface area contributed by atoms with Crippen LogP contribution in [0.3, 0.4) is 0 Å². The van der Waals surface area contributed by atoms with E-state index in [4.69, 9.17) is 9.47 Å². The van der Waals surface area contributed by atoms with E-state index in [-0.39, 0.29) is 13.2 Å². The van der Waals surface area contributed by atoms with E-state index in [2.05, 4.69) is 13.8 Å². The molecule has 0 spiro atoms. The Balaban J connectivity index is 4.94. The minimum absolute atomic E-state index is 0.282. The minimum atomic E-state index is -1.12. The van der Waals surface area contributed by atoms with Gasteiger partial charge >= 0.3 is 11.9 Å². The maximum Gasteiger partial charge on any atom is 0.323 e. The largest absolute Gasteiger partial charge is 0.465 e. The average molecular weight is 272 g/mol. The van der Waals surface area contributed by atoms with Gasteiger partial charge in [0.05, 0.1) is 13.2 Å². The van der Waals surface area contributed by atoms with E-state index in [1.165, 1.54) is 0 Å². The fraction of sp³-hybridized carbons (Fsp3) is 0.867. The lowest BCUT2D eigenvalue weighted by molar-refractivity contribution is -0.173. The van der Waals surface area contributed by atoms with Crippen LogP contribution in [0.4, 0.5) is 0 Å². The summed E-state index contributed by atoms with van der Waals surface area (Å²) in [5, 5.41) is 0. The maximum atomic E-state index is 12.2. The van der Waals surface area contributed by atoms with Gasteiger partial charge in [-0.3, -0.25) is 9.59 Å². The second kappa shape index (κ2) is 8.94. The molecular weight excluding hydrogens is 244 g/mol. The molecule has 0 amide bonds. The first-order valence-electron chi connectivity index (χ1n) is 7.29. The Morgan fingerprint density at radius 3 is 1.79 bits per heavy atom. The summed E-state index contributed by atoms with van der Waals surface area (Å²) in [6.45, 7) is 10.2. The van der Waals surface area contributed by atoms with E-state index in [1.54, 1.807) is 13.8 Å². The smallest absolute Gasteiger partial charge is 0.323 e. The van der Waals surface area contributed by atoms with Crippen LogP contribution in [-0.2, 0) is 19.1 Å². The van der Waals surface area contributed by atoms with Crippen molar-refractivity contribution in [2.75, 3.05) is 13.2 Å². The zero-order valence-corrected chi connectivity index (χ0v) is 13.0. The Kier molecular flexibility index (Phi) is 8.44. The fourth-order valence-corrected chi connectivity index (χ4v) is 2.10. The summed E-state index contributed by atoms with van der Waals surface area (Å²) in [6.07, 6.45) is 2.73. The molecule has 0 heterocycles. The number of carbonyl (C=O) groups is 2. The van der Waals surface area contributed by atoms with Gasteiger partial charge in [-0.05, 0) is 32.6 Å². The molecule has 0 aromatic heterocycles. The first kappa shape index (κ1) is 17.9. The predicted molar refractivity (Wildman–Crippen MR) is 74.7 cm³/mol. The van der Waals surface area contributed by atoms with Crippen LogP contribution in [0.2, 0.25) is 0 Å². The molecule has 0 saturated carbocycles. The summed E-state index contributed by atoms with van der Waals surface area (Å²) in [5.74, 6) is -0.335. The molecule has 0 atom stereocenters. The highest BCUT2D eigenvalue weighted by atomic mass is 16.6. The molecule has 0 fully saturated rings. The lowest BCUT2D eigenvalue weighted by Crippen LogP contribution is -2.41. The van der Waals surface area contributed by atoms with Gasteiger partial charge in [-0.1, -0.05) is 33.6 Å². The van der Waals surface area contributed by atoms with E-state index in [0.29, 0.717) is 18.8 Å². The van der Waals surface area contributed by atoms with E-state index in [9.17, 15) is 9.59 Å². The van der Waals surface area contributed by atoms with Gasteiger partial charge in [0, 0.05) is 0 Å². The van der Waals surface area contributed by atoms with E-state index < -0.39 is 17.4 Å². The third-order valence-electron chi connectivity index (χ3n) is 3.32.